The Hall–Kier alpha value is -0.320. The summed E-state index contributed by atoms with van der Waals surface area (Å²) in [5.74, 6) is 0.563. The van der Waals surface area contributed by atoms with Crippen molar-refractivity contribution in [1.82, 2.24) is 4.98 Å². The van der Waals surface area contributed by atoms with Gasteiger partial charge in [0.25, 0.3) is 0 Å². The van der Waals surface area contributed by atoms with E-state index in [9.17, 15) is 0 Å². The minimum absolute atomic E-state index is 0.360. The molecule has 0 aliphatic rings. The zero-order chi connectivity index (χ0) is 9.68. The van der Waals surface area contributed by atoms with E-state index in [0.29, 0.717) is 24.1 Å². The molecule has 1 aromatic heterocycles. The van der Waals surface area contributed by atoms with Gasteiger partial charge >= 0.3 is 0 Å². The van der Waals surface area contributed by atoms with Crippen LogP contribution in [-0.2, 0) is 4.74 Å². The van der Waals surface area contributed by atoms with Crippen molar-refractivity contribution in [3.8, 4) is 5.75 Å². The number of halogens is 2. The summed E-state index contributed by atoms with van der Waals surface area (Å²) in [7, 11) is 1.62. The molecule has 0 aromatic carbocycles. The summed E-state index contributed by atoms with van der Waals surface area (Å²) in [5.41, 5.74) is 0. The zero-order valence-corrected chi connectivity index (χ0v) is 9.43. The second-order valence-corrected chi connectivity index (χ2v) is 3.56. The molecular formula is C8H9BrClNO2. The molecule has 0 aliphatic heterocycles. The van der Waals surface area contributed by atoms with Crippen LogP contribution >= 0.6 is 27.5 Å². The first-order chi connectivity index (χ1) is 6.24. The molecule has 0 amide bonds. The number of ether oxygens (including phenoxy) is 2. The van der Waals surface area contributed by atoms with Crippen molar-refractivity contribution in [2.45, 2.75) is 0 Å². The smallest absolute Gasteiger partial charge is 0.171 e. The molecule has 0 spiro atoms. The molecule has 1 aromatic rings. The van der Waals surface area contributed by atoms with E-state index in [-0.39, 0.29) is 0 Å². The van der Waals surface area contributed by atoms with Gasteiger partial charge in [-0.15, -0.1) is 0 Å². The Labute approximate surface area is 90.1 Å². The van der Waals surface area contributed by atoms with Crippen molar-refractivity contribution in [3.63, 3.8) is 0 Å². The van der Waals surface area contributed by atoms with Crippen molar-refractivity contribution in [3.05, 3.63) is 21.9 Å². The summed E-state index contributed by atoms with van der Waals surface area (Å²) in [5, 5.41) is 0.360. The number of hydrogen-bond donors (Lipinski definition) is 0. The van der Waals surface area contributed by atoms with Crippen LogP contribution in [-0.4, -0.2) is 25.3 Å². The predicted octanol–water partition coefficient (Wildman–Crippen LogP) is 2.52. The molecule has 0 unspecified atom stereocenters. The van der Waals surface area contributed by atoms with Gasteiger partial charge in [0.05, 0.1) is 6.61 Å². The van der Waals surface area contributed by atoms with Gasteiger partial charge in [-0.1, -0.05) is 11.6 Å². The van der Waals surface area contributed by atoms with Crippen LogP contribution in [0.3, 0.4) is 0 Å². The predicted molar refractivity (Wildman–Crippen MR) is 54.3 cm³/mol. The Morgan fingerprint density at radius 2 is 2.31 bits per heavy atom. The first-order valence-electron chi connectivity index (χ1n) is 3.67. The van der Waals surface area contributed by atoms with Gasteiger partial charge in [0, 0.05) is 17.8 Å². The molecule has 0 fully saturated rings. The number of nitrogens with zero attached hydrogens (tertiary/aromatic N) is 1. The third kappa shape index (κ3) is 3.50. The molecule has 5 heteroatoms. The molecule has 0 atom stereocenters. The third-order valence-corrected chi connectivity index (χ3v) is 2.04. The molecule has 0 saturated heterocycles. The van der Waals surface area contributed by atoms with Crippen molar-refractivity contribution in [2.24, 2.45) is 0 Å². The number of aromatic nitrogens is 1. The SMILES string of the molecule is COCCOc1cc(Br)cnc1Cl. The molecule has 0 radical (unpaired) electrons. The molecule has 1 rings (SSSR count). The second kappa shape index (κ2) is 5.42. The molecule has 0 N–H and O–H groups in total. The summed E-state index contributed by atoms with van der Waals surface area (Å²) < 4.78 is 11.0. The van der Waals surface area contributed by atoms with E-state index < -0.39 is 0 Å². The normalized spacial score (nSPS) is 10.1. The van der Waals surface area contributed by atoms with Crippen molar-refractivity contribution in [2.75, 3.05) is 20.3 Å². The molecule has 3 nitrogen and oxygen atoms in total. The lowest BCUT2D eigenvalue weighted by Crippen LogP contribution is -2.04. The minimum atomic E-state index is 0.360. The zero-order valence-electron chi connectivity index (χ0n) is 7.09. The van der Waals surface area contributed by atoms with Gasteiger partial charge < -0.3 is 9.47 Å². The average Bonchev–Trinajstić information content (AvgIpc) is 2.11. The Balaban J connectivity index is 2.59. The molecule has 0 aliphatic carbocycles. The highest BCUT2D eigenvalue weighted by Crippen LogP contribution is 2.24. The van der Waals surface area contributed by atoms with Crippen LogP contribution in [0.15, 0.2) is 16.7 Å². The van der Waals surface area contributed by atoms with Crippen molar-refractivity contribution < 1.29 is 9.47 Å². The van der Waals surface area contributed by atoms with Gasteiger partial charge in [-0.05, 0) is 22.0 Å². The van der Waals surface area contributed by atoms with Crippen LogP contribution in [0, 0.1) is 0 Å². The number of methoxy groups -OCH3 is 1. The van der Waals surface area contributed by atoms with E-state index >= 15 is 0 Å². The largest absolute Gasteiger partial charge is 0.488 e. The van der Waals surface area contributed by atoms with Crippen LogP contribution in [0.1, 0.15) is 0 Å². The summed E-state index contributed by atoms with van der Waals surface area (Å²) in [6, 6.07) is 1.77. The van der Waals surface area contributed by atoms with E-state index in [2.05, 4.69) is 20.9 Å². The lowest BCUT2D eigenvalue weighted by Gasteiger charge is -2.06. The highest BCUT2D eigenvalue weighted by atomic mass is 79.9. The highest BCUT2D eigenvalue weighted by Gasteiger charge is 2.02. The fourth-order valence-electron chi connectivity index (χ4n) is 0.740. The lowest BCUT2D eigenvalue weighted by molar-refractivity contribution is 0.146. The topological polar surface area (TPSA) is 31.4 Å². The van der Waals surface area contributed by atoms with E-state index in [0.717, 1.165) is 4.47 Å². The van der Waals surface area contributed by atoms with Gasteiger partial charge in [0.1, 0.15) is 6.61 Å². The standard InChI is InChI=1S/C8H9BrClNO2/c1-12-2-3-13-7-4-6(9)5-11-8(7)10/h4-5H,2-3H2,1H3. The molecule has 0 saturated carbocycles. The van der Waals surface area contributed by atoms with Gasteiger partial charge in [-0.2, -0.15) is 0 Å². The number of pyridine rings is 1. The van der Waals surface area contributed by atoms with Gasteiger partial charge in [0.15, 0.2) is 10.9 Å². The third-order valence-electron chi connectivity index (χ3n) is 1.32. The monoisotopic (exact) mass is 265 g/mol. The maximum absolute atomic E-state index is 5.78. The molecule has 13 heavy (non-hydrogen) atoms. The molecular weight excluding hydrogens is 257 g/mol. The lowest BCUT2D eigenvalue weighted by atomic mass is 10.5. The van der Waals surface area contributed by atoms with Crippen LogP contribution in [0.4, 0.5) is 0 Å². The van der Waals surface area contributed by atoms with Gasteiger partial charge in [-0.3, -0.25) is 0 Å². The number of hydrogen-bond acceptors (Lipinski definition) is 3. The van der Waals surface area contributed by atoms with Crippen LogP contribution in [0.2, 0.25) is 5.15 Å². The van der Waals surface area contributed by atoms with Gasteiger partial charge in [-0.25, -0.2) is 4.98 Å². The van der Waals surface area contributed by atoms with Crippen LogP contribution in [0.25, 0.3) is 0 Å². The van der Waals surface area contributed by atoms with Crippen molar-refractivity contribution >= 4 is 27.5 Å². The van der Waals surface area contributed by atoms with Gasteiger partial charge in [0.2, 0.25) is 0 Å². The van der Waals surface area contributed by atoms with E-state index in [1.807, 2.05) is 0 Å². The fourth-order valence-corrected chi connectivity index (χ4v) is 1.21. The maximum Gasteiger partial charge on any atom is 0.171 e. The minimum Gasteiger partial charge on any atom is -0.488 e. The molecule has 1 heterocycles. The van der Waals surface area contributed by atoms with E-state index in [1.54, 1.807) is 19.4 Å². The van der Waals surface area contributed by atoms with Crippen molar-refractivity contribution in [1.29, 1.82) is 0 Å². The van der Waals surface area contributed by atoms with E-state index in [1.165, 1.54) is 0 Å². The van der Waals surface area contributed by atoms with Crippen LogP contribution < -0.4 is 4.74 Å². The molecule has 72 valence electrons. The summed E-state index contributed by atoms with van der Waals surface area (Å²) >= 11 is 9.05. The fraction of sp³-hybridized carbons (Fsp3) is 0.375. The first-order valence-corrected chi connectivity index (χ1v) is 4.84. The highest BCUT2D eigenvalue weighted by molar-refractivity contribution is 9.10. The Morgan fingerprint density at radius 3 is 3.00 bits per heavy atom. The van der Waals surface area contributed by atoms with E-state index in [4.69, 9.17) is 21.1 Å². The Kier molecular flexibility index (Phi) is 4.48. The maximum atomic E-state index is 5.78. The first kappa shape index (κ1) is 10.8. The molecule has 0 bridgehead atoms. The Morgan fingerprint density at radius 1 is 1.54 bits per heavy atom. The summed E-state index contributed by atoms with van der Waals surface area (Å²) in [4.78, 5) is 3.91. The summed E-state index contributed by atoms with van der Waals surface area (Å²) in [6.07, 6.45) is 1.62. The van der Waals surface area contributed by atoms with Crippen LogP contribution in [0.5, 0.6) is 5.75 Å². The number of rotatable bonds is 4. The second-order valence-electron chi connectivity index (χ2n) is 2.28. The average molecular weight is 267 g/mol. The Bertz CT molecular complexity index is 283. The quantitative estimate of drug-likeness (QED) is 0.620. The summed E-state index contributed by atoms with van der Waals surface area (Å²) in [6.45, 7) is 0.997.